The molecule has 1 aromatic rings. The lowest BCUT2D eigenvalue weighted by molar-refractivity contribution is -0.134. The number of hydrogen-bond donors (Lipinski definition) is 1. The molecule has 1 N–H and O–H groups in total. The molecule has 0 saturated carbocycles. The summed E-state index contributed by atoms with van der Waals surface area (Å²) in [6, 6.07) is 9.49. The molecule has 0 aromatic heterocycles. The fraction of sp³-hybridized carbons (Fsp3) is 0.609. The molecule has 30 heavy (non-hydrogen) atoms. The van der Waals surface area contributed by atoms with Gasteiger partial charge >= 0.3 is 0 Å². The van der Waals surface area contributed by atoms with Crippen molar-refractivity contribution in [2.45, 2.75) is 33.6 Å². The Labute approximate surface area is 179 Å². The van der Waals surface area contributed by atoms with Crippen molar-refractivity contribution in [2.75, 3.05) is 50.7 Å². The van der Waals surface area contributed by atoms with Crippen molar-refractivity contribution in [2.24, 2.45) is 11.3 Å². The summed E-state index contributed by atoms with van der Waals surface area (Å²) >= 11 is 0. The summed E-state index contributed by atoms with van der Waals surface area (Å²) in [4.78, 5) is 43.1. The van der Waals surface area contributed by atoms with Crippen LogP contribution in [-0.4, -0.2) is 73.3 Å². The highest BCUT2D eigenvalue weighted by Crippen LogP contribution is 2.25. The summed E-state index contributed by atoms with van der Waals surface area (Å²) in [5, 5.41) is 2.99. The van der Waals surface area contributed by atoms with E-state index in [-0.39, 0.29) is 35.5 Å². The molecule has 0 aliphatic carbocycles. The van der Waals surface area contributed by atoms with Crippen molar-refractivity contribution in [3.05, 3.63) is 30.3 Å². The maximum absolute atomic E-state index is 12.5. The van der Waals surface area contributed by atoms with Crippen molar-refractivity contribution < 1.29 is 14.4 Å². The molecule has 2 fully saturated rings. The van der Waals surface area contributed by atoms with Gasteiger partial charge in [-0.25, -0.2) is 0 Å². The normalized spacial score (nSPS) is 20.5. The number of para-hydroxylation sites is 1. The molecule has 1 aromatic carbocycles. The van der Waals surface area contributed by atoms with Crippen LogP contribution in [0.25, 0.3) is 0 Å². The number of amides is 3. The highest BCUT2D eigenvalue weighted by molar-refractivity contribution is 6.00. The maximum atomic E-state index is 12.5. The van der Waals surface area contributed by atoms with Gasteiger partial charge in [0.1, 0.15) is 0 Å². The van der Waals surface area contributed by atoms with E-state index in [1.54, 1.807) is 4.90 Å². The average Bonchev–Trinajstić information content (AvgIpc) is 3.09. The smallest absolute Gasteiger partial charge is 0.227 e. The molecule has 3 amide bonds. The zero-order valence-corrected chi connectivity index (χ0v) is 18.4. The van der Waals surface area contributed by atoms with Gasteiger partial charge in [-0.1, -0.05) is 39.0 Å². The highest BCUT2D eigenvalue weighted by atomic mass is 16.2. The third kappa shape index (κ3) is 6.05. The number of benzene rings is 1. The fourth-order valence-electron chi connectivity index (χ4n) is 4.01. The average molecular weight is 415 g/mol. The predicted octanol–water partition coefficient (Wildman–Crippen LogP) is 1.74. The second-order valence-electron chi connectivity index (χ2n) is 9.49. The van der Waals surface area contributed by atoms with Gasteiger partial charge in [-0.05, 0) is 17.5 Å². The van der Waals surface area contributed by atoms with Crippen LogP contribution in [-0.2, 0) is 14.4 Å². The number of nitrogens with zero attached hydrogens (tertiary/aromatic N) is 3. The van der Waals surface area contributed by atoms with E-state index >= 15 is 0 Å². The Morgan fingerprint density at radius 3 is 2.37 bits per heavy atom. The number of carbonyl (C=O) groups excluding carboxylic acids is 3. The second kappa shape index (κ2) is 9.60. The SMILES string of the molecule is CC(C)(C)CC(=O)N1CCN(CCNC(=O)C2CC(=O)N(c3ccccc3)C2)CC1. The van der Waals surface area contributed by atoms with E-state index in [0.29, 0.717) is 19.5 Å². The summed E-state index contributed by atoms with van der Waals surface area (Å²) in [7, 11) is 0. The predicted molar refractivity (Wildman–Crippen MR) is 117 cm³/mol. The molecular formula is C23H34N4O3. The number of rotatable bonds is 6. The first-order chi connectivity index (χ1) is 14.2. The van der Waals surface area contributed by atoms with Gasteiger partial charge in [-0.15, -0.1) is 0 Å². The largest absolute Gasteiger partial charge is 0.355 e. The third-order valence-corrected chi connectivity index (χ3v) is 5.70. The molecule has 2 aliphatic rings. The van der Waals surface area contributed by atoms with Crippen molar-refractivity contribution in [3.63, 3.8) is 0 Å². The summed E-state index contributed by atoms with van der Waals surface area (Å²) < 4.78 is 0. The summed E-state index contributed by atoms with van der Waals surface area (Å²) in [6.07, 6.45) is 0.832. The van der Waals surface area contributed by atoms with Crippen LogP contribution in [0, 0.1) is 11.3 Å². The second-order valence-corrected chi connectivity index (χ2v) is 9.49. The van der Waals surface area contributed by atoms with Crippen LogP contribution in [0.2, 0.25) is 0 Å². The molecular weight excluding hydrogens is 380 g/mol. The third-order valence-electron chi connectivity index (χ3n) is 5.70. The fourth-order valence-corrected chi connectivity index (χ4v) is 4.01. The number of carbonyl (C=O) groups is 3. The first kappa shape index (κ1) is 22.3. The Kier molecular flexibility index (Phi) is 7.13. The Hall–Kier alpha value is -2.41. The molecule has 3 rings (SSSR count). The van der Waals surface area contributed by atoms with E-state index in [1.165, 1.54) is 0 Å². The Balaban J connectivity index is 1.37. The first-order valence-electron chi connectivity index (χ1n) is 10.9. The summed E-state index contributed by atoms with van der Waals surface area (Å²) in [6.45, 7) is 11.1. The van der Waals surface area contributed by atoms with E-state index in [4.69, 9.17) is 0 Å². The molecule has 7 heteroatoms. The monoisotopic (exact) mass is 414 g/mol. The van der Waals surface area contributed by atoms with Gasteiger partial charge in [0.2, 0.25) is 17.7 Å². The lowest BCUT2D eigenvalue weighted by atomic mass is 9.91. The molecule has 2 aliphatic heterocycles. The van der Waals surface area contributed by atoms with Gasteiger partial charge in [0.25, 0.3) is 0 Å². The zero-order chi connectivity index (χ0) is 21.7. The quantitative estimate of drug-likeness (QED) is 0.770. The highest BCUT2D eigenvalue weighted by Gasteiger charge is 2.35. The van der Waals surface area contributed by atoms with Crippen molar-refractivity contribution in [3.8, 4) is 0 Å². The summed E-state index contributed by atoms with van der Waals surface area (Å²) in [5.74, 6) is -0.132. The van der Waals surface area contributed by atoms with Gasteiger partial charge in [0, 0.05) is 64.3 Å². The molecule has 1 unspecified atom stereocenters. The number of nitrogens with one attached hydrogen (secondary N) is 1. The van der Waals surface area contributed by atoms with E-state index in [9.17, 15) is 14.4 Å². The molecule has 164 valence electrons. The topological polar surface area (TPSA) is 73.0 Å². The van der Waals surface area contributed by atoms with Crippen molar-refractivity contribution in [1.29, 1.82) is 0 Å². The lowest BCUT2D eigenvalue weighted by Gasteiger charge is -2.36. The minimum absolute atomic E-state index is 0.00241. The van der Waals surface area contributed by atoms with Crippen LogP contribution < -0.4 is 10.2 Å². The van der Waals surface area contributed by atoms with Crippen LogP contribution in [0.15, 0.2) is 30.3 Å². The van der Waals surface area contributed by atoms with E-state index < -0.39 is 0 Å². The molecule has 2 saturated heterocycles. The molecule has 0 radical (unpaired) electrons. The molecule has 0 spiro atoms. The van der Waals surface area contributed by atoms with Gasteiger partial charge in [-0.2, -0.15) is 0 Å². The van der Waals surface area contributed by atoms with Crippen LogP contribution in [0.5, 0.6) is 0 Å². The Bertz CT molecular complexity index is 751. The van der Waals surface area contributed by atoms with Gasteiger partial charge < -0.3 is 15.1 Å². The first-order valence-corrected chi connectivity index (χ1v) is 10.9. The van der Waals surface area contributed by atoms with Gasteiger partial charge in [0.15, 0.2) is 0 Å². The number of piperazine rings is 1. The molecule has 7 nitrogen and oxygen atoms in total. The van der Waals surface area contributed by atoms with E-state index in [0.717, 1.165) is 38.4 Å². The van der Waals surface area contributed by atoms with Crippen molar-refractivity contribution in [1.82, 2.24) is 15.1 Å². The molecule has 0 bridgehead atoms. The van der Waals surface area contributed by atoms with Gasteiger partial charge in [-0.3, -0.25) is 19.3 Å². The van der Waals surface area contributed by atoms with Crippen LogP contribution in [0.4, 0.5) is 5.69 Å². The van der Waals surface area contributed by atoms with E-state index in [1.807, 2.05) is 35.2 Å². The minimum atomic E-state index is -0.301. The number of hydrogen-bond acceptors (Lipinski definition) is 4. The Morgan fingerprint density at radius 2 is 1.73 bits per heavy atom. The zero-order valence-electron chi connectivity index (χ0n) is 18.4. The maximum Gasteiger partial charge on any atom is 0.227 e. The Morgan fingerprint density at radius 1 is 1.07 bits per heavy atom. The summed E-state index contributed by atoms with van der Waals surface area (Å²) in [5.41, 5.74) is 0.854. The van der Waals surface area contributed by atoms with Crippen LogP contribution in [0.3, 0.4) is 0 Å². The van der Waals surface area contributed by atoms with Crippen LogP contribution >= 0.6 is 0 Å². The van der Waals surface area contributed by atoms with Crippen LogP contribution in [0.1, 0.15) is 33.6 Å². The number of anilines is 1. The van der Waals surface area contributed by atoms with E-state index in [2.05, 4.69) is 31.0 Å². The lowest BCUT2D eigenvalue weighted by Crippen LogP contribution is -2.51. The van der Waals surface area contributed by atoms with Crippen molar-refractivity contribution >= 4 is 23.4 Å². The molecule has 2 heterocycles. The standard InChI is InChI=1S/C23H34N4O3/c1-23(2,3)16-21(29)26-13-11-25(12-14-26)10-9-24-22(30)18-15-20(28)27(17-18)19-7-5-4-6-8-19/h4-8,18H,9-17H2,1-3H3,(H,24,30). The minimum Gasteiger partial charge on any atom is -0.355 e. The van der Waals surface area contributed by atoms with Gasteiger partial charge in [0.05, 0.1) is 5.92 Å². The molecule has 1 atom stereocenters.